The van der Waals surface area contributed by atoms with Crippen LogP contribution in [0.3, 0.4) is 0 Å². The van der Waals surface area contributed by atoms with E-state index in [0.29, 0.717) is 4.60 Å². The first-order valence-electron chi connectivity index (χ1n) is 4.83. The van der Waals surface area contributed by atoms with Gasteiger partial charge in [-0.05, 0) is 34.5 Å². The molecule has 0 saturated heterocycles. The van der Waals surface area contributed by atoms with Crippen molar-refractivity contribution in [3.05, 3.63) is 39.9 Å². The Morgan fingerprint density at radius 1 is 1.44 bits per heavy atom. The first-order chi connectivity index (χ1) is 7.59. The maximum absolute atomic E-state index is 6.14. The quantitative estimate of drug-likeness (QED) is 0.902. The maximum atomic E-state index is 6.14. The third-order valence-corrected chi connectivity index (χ3v) is 2.98. The van der Waals surface area contributed by atoms with Crippen molar-refractivity contribution in [1.29, 1.82) is 0 Å². The number of rotatable bonds is 2. The van der Waals surface area contributed by atoms with E-state index in [9.17, 15) is 0 Å². The van der Waals surface area contributed by atoms with Crippen molar-refractivity contribution in [2.24, 2.45) is 12.8 Å². The SMILES string of the molecule is Cc1ccc(C(N)c2c(Br)nnn2C)cn1. The number of hydrogen-bond donors (Lipinski definition) is 1. The first kappa shape index (κ1) is 11.2. The Morgan fingerprint density at radius 2 is 2.19 bits per heavy atom. The molecule has 2 rings (SSSR count). The Balaban J connectivity index is 2.39. The van der Waals surface area contributed by atoms with Gasteiger partial charge < -0.3 is 5.73 Å². The Morgan fingerprint density at radius 3 is 2.69 bits per heavy atom. The van der Waals surface area contributed by atoms with Gasteiger partial charge in [-0.15, -0.1) is 5.10 Å². The number of aryl methyl sites for hydroxylation is 2. The fraction of sp³-hybridized carbons (Fsp3) is 0.300. The topological polar surface area (TPSA) is 69.6 Å². The van der Waals surface area contributed by atoms with Gasteiger partial charge in [0.05, 0.1) is 11.7 Å². The molecule has 0 bridgehead atoms. The predicted molar refractivity (Wildman–Crippen MR) is 63.7 cm³/mol. The zero-order valence-corrected chi connectivity index (χ0v) is 10.6. The Labute approximate surface area is 102 Å². The summed E-state index contributed by atoms with van der Waals surface area (Å²) in [6, 6.07) is 3.63. The van der Waals surface area contributed by atoms with Crippen LogP contribution in [0.1, 0.15) is 23.0 Å². The summed E-state index contributed by atoms with van der Waals surface area (Å²) in [5, 5.41) is 7.81. The number of hydrogen-bond acceptors (Lipinski definition) is 4. The van der Waals surface area contributed by atoms with Crippen LogP contribution in [-0.4, -0.2) is 20.0 Å². The normalized spacial score (nSPS) is 12.8. The summed E-state index contributed by atoms with van der Waals surface area (Å²) in [5.74, 6) is 0. The van der Waals surface area contributed by atoms with Gasteiger partial charge in [-0.3, -0.25) is 4.98 Å². The smallest absolute Gasteiger partial charge is 0.153 e. The molecule has 84 valence electrons. The van der Waals surface area contributed by atoms with E-state index in [1.807, 2.05) is 26.1 Å². The van der Waals surface area contributed by atoms with Gasteiger partial charge in [-0.25, -0.2) is 4.68 Å². The summed E-state index contributed by atoms with van der Waals surface area (Å²) in [4.78, 5) is 4.22. The standard InChI is InChI=1S/C10H12BrN5/c1-6-3-4-7(5-13-6)8(12)9-10(11)14-15-16(9)2/h3-5,8H,12H2,1-2H3. The average Bonchev–Trinajstić information content (AvgIpc) is 2.59. The lowest BCUT2D eigenvalue weighted by Gasteiger charge is -2.11. The zero-order valence-electron chi connectivity index (χ0n) is 9.05. The zero-order chi connectivity index (χ0) is 11.7. The van der Waals surface area contributed by atoms with Crippen LogP contribution in [0.15, 0.2) is 22.9 Å². The molecule has 0 aliphatic carbocycles. The molecule has 2 aromatic heterocycles. The second kappa shape index (κ2) is 4.31. The van der Waals surface area contributed by atoms with E-state index in [2.05, 4.69) is 31.2 Å². The van der Waals surface area contributed by atoms with Crippen LogP contribution in [0.2, 0.25) is 0 Å². The van der Waals surface area contributed by atoms with Crippen molar-refractivity contribution in [3.8, 4) is 0 Å². The lowest BCUT2D eigenvalue weighted by atomic mass is 10.1. The highest BCUT2D eigenvalue weighted by molar-refractivity contribution is 9.10. The van der Waals surface area contributed by atoms with Gasteiger partial charge in [0.15, 0.2) is 4.60 Å². The van der Waals surface area contributed by atoms with E-state index in [1.54, 1.807) is 10.9 Å². The monoisotopic (exact) mass is 281 g/mol. The number of pyridine rings is 1. The van der Waals surface area contributed by atoms with Crippen molar-refractivity contribution < 1.29 is 0 Å². The van der Waals surface area contributed by atoms with E-state index in [1.165, 1.54) is 0 Å². The van der Waals surface area contributed by atoms with Gasteiger partial charge >= 0.3 is 0 Å². The number of aromatic nitrogens is 4. The van der Waals surface area contributed by atoms with Crippen molar-refractivity contribution in [3.63, 3.8) is 0 Å². The van der Waals surface area contributed by atoms with Gasteiger partial charge in [0.2, 0.25) is 0 Å². The molecule has 0 aliphatic rings. The van der Waals surface area contributed by atoms with E-state index in [4.69, 9.17) is 5.73 Å². The molecule has 1 atom stereocenters. The molecule has 2 N–H and O–H groups in total. The molecule has 0 radical (unpaired) electrons. The molecular formula is C10H12BrN5. The highest BCUT2D eigenvalue weighted by atomic mass is 79.9. The fourth-order valence-corrected chi connectivity index (χ4v) is 2.06. The average molecular weight is 282 g/mol. The van der Waals surface area contributed by atoms with Gasteiger partial charge in [0.25, 0.3) is 0 Å². The molecule has 0 saturated carbocycles. The van der Waals surface area contributed by atoms with Crippen molar-refractivity contribution in [2.75, 3.05) is 0 Å². The minimum atomic E-state index is -0.275. The van der Waals surface area contributed by atoms with Crippen molar-refractivity contribution in [1.82, 2.24) is 20.0 Å². The molecule has 0 fully saturated rings. The van der Waals surface area contributed by atoms with Crippen LogP contribution in [0.5, 0.6) is 0 Å². The summed E-state index contributed by atoms with van der Waals surface area (Å²) in [7, 11) is 1.81. The van der Waals surface area contributed by atoms with Crippen molar-refractivity contribution in [2.45, 2.75) is 13.0 Å². The lowest BCUT2D eigenvalue weighted by molar-refractivity contribution is 0.650. The third kappa shape index (κ3) is 1.98. The van der Waals surface area contributed by atoms with Gasteiger partial charge in [-0.2, -0.15) is 0 Å². The second-order valence-electron chi connectivity index (χ2n) is 3.60. The Kier molecular flexibility index (Phi) is 3.02. The van der Waals surface area contributed by atoms with Gasteiger partial charge in [-0.1, -0.05) is 11.3 Å². The highest BCUT2D eigenvalue weighted by Gasteiger charge is 2.18. The number of nitrogens with zero attached hydrogens (tertiary/aromatic N) is 4. The summed E-state index contributed by atoms with van der Waals surface area (Å²) < 4.78 is 2.33. The van der Waals surface area contributed by atoms with Crippen LogP contribution in [0.4, 0.5) is 0 Å². The van der Waals surface area contributed by atoms with Gasteiger partial charge in [0.1, 0.15) is 0 Å². The summed E-state index contributed by atoms with van der Waals surface area (Å²) in [6.45, 7) is 1.94. The molecule has 2 heterocycles. The van der Waals surface area contributed by atoms with Crippen LogP contribution in [-0.2, 0) is 7.05 Å². The van der Waals surface area contributed by atoms with E-state index in [-0.39, 0.29) is 6.04 Å². The molecule has 0 amide bonds. The Hall–Kier alpha value is -1.27. The molecule has 0 aromatic carbocycles. The minimum Gasteiger partial charge on any atom is -0.319 e. The number of halogens is 1. The molecule has 16 heavy (non-hydrogen) atoms. The maximum Gasteiger partial charge on any atom is 0.153 e. The molecule has 5 nitrogen and oxygen atoms in total. The first-order valence-corrected chi connectivity index (χ1v) is 5.62. The lowest BCUT2D eigenvalue weighted by Crippen LogP contribution is -2.16. The van der Waals surface area contributed by atoms with Crippen LogP contribution >= 0.6 is 15.9 Å². The summed E-state index contributed by atoms with van der Waals surface area (Å²) in [6.07, 6.45) is 1.78. The molecular weight excluding hydrogens is 270 g/mol. The fourth-order valence-electron chi connectivity index (χ4n) is 1.49. The minimum absolute atomic E-state index is 0.275. The third-order valence-electron chi connectivity index (χ3n) is 2.41. The molecule has 1 unspecified atom stereocenters. The van der Waals surface area contributed by atoms with Gasteiger partial charge in [0, 0.05) is 18.9 Å². The van der Waals surface area contributed by atoms with E-state index < -0.39 is 0 Å². The predicted octanol–water partition coefficient (Wildman–Crippen LogP) is 1.33. The molecule has 6 heteroatoms. The van der Waals surface area contributed by atoms with Crippen LogP contribution in [0.25, 0.3) is 0 Å². The Bertz CT molecular complexity index is 471. The van der Waals surface area contributed by atoms with Crippen molar-refractivity contribution >= 4 is 15.9 Å². The molecule has 0 aliphatic heterocycles. The number of nitrogens with two attached hydrogens (primary N) is 1. The molecule has 2 aromatic rings. The van der Waals surface area contributed by atoms with E-state index in [0.717, 1.165) is 17.0 Å². The second-order valence-corrected chi connectivity index (χ2v) is 4.35. The largest absolute Gasteiger partial charge is 0.319 e. The highest BCUT2D eigenvalue weighted by Crippen LogP contribution is 2.23. The molecule has 0 spiro atoms. The van der Waals surface area contributed by atoms with Crippen LogP contribution in [0, 0.1) is 6.92 Å². The summed E-state index contributed by atoms with van der Waals surface area (Å²) >= 11 is 3.33. The van der Waals surface area contributed by atoms with Crippen LogP contribution < -0.4 is 5.73 Å². The summed E-state index contributed by atoms with van der Waals surface area (Å²) in [5.41, 5.74) is 8.89. The van der Waals surface area contributed by atoms with E-state index >= 15 is 0 Å².